The van der Waals surface area contributed by atoms with Gasteiger partial charge in [-0.15, -0.1) is 0 Å². The topological polar surface area (TPSA) is 270 Å². The van der Waals surface area contributed by atoms with Crippen molar-refractivity contribution in [2.45, 2.75) is 101 Å². The molecule has 2 aliphatic rings. The van der Waals surface area contributed by atoms with Gasteiger partial charge in [0.05, 0.1) is 0 Å². The van der Waals surface area contributed by atoms with Crippen molar-refractivity contribution in [3.05, 3.63) is 83.4 Å². The van der Waals surface area contributed by atoms with Crippen LogP contribution in [0.4, 0.5) is 0 Å². The molecule has 4 rings (SSSR count). The molecule has 1 aliphatic heterocycles. The van der Waals surface area contributed by atoms with E-state index in [4.69, 9.17) is 17.2 Å². The van der Waals surface area contributed by atoms with Gasteiger partial charge in [-0.2, -0.15) is 0 Å². The Bertz CT molecular complexity index is 1770. The first-order chi connectivity index (χ1) is 27.4. The summed E-state index contributed by atoms with van der Waals surface area (Å²) in [6, 6.07) is 11.4. The molecule has 306 valence electrons. The maximum Gasteiger partial charge on any atom is 0.244 e. The van der Waals surface area contributed by atoms with Crippen LogP contribution in [0.25, 0.3) is 0 Å². The number of rotatable bonds is 11. The average Bonchev–Trinajstić information content (AvgIpc) is 3.20. The zero-order valence-electron chi connectivity index (χ0n) is 32.2. The van der Waals surface area contributed by atoms with E-state index in [0.29, 0.717) is 36.0 Å². The summed E-state index contributed by atoms with van der Waals surface area (Å²) >= 11 is 0. The van der Waals surface area contributed by atoms with Crippen LogP contribution in [0, 0.1) is 5.92 Å². The fraction of sp³-hybridized carbons (Fsp3) is 0.463. The molecular weight excluding hydrogens is 731 g/mol. The van der Waals surface area contributed by atoms with Gasteiger partial charge in [0.1, 0.15) is 24.2 Å². The highest BCUT2D eigenvalue weighted by Gasteiger charge is 2.32. The third-order valence-corrected chi connectivity index (χ3v) is 10.1. The van der Waals surface area contributed by atoms with Crippen LogP contribution in [-0.2, 0) is 35.2 Å². The lowest BCUT2D eigenvalue weighted by atomic mass is 9.84. The van der Waals surface area contributed by atoms with Crippen molar-refractivity contribution < 1.29 is 33.6 Å². The molecule has 0 aromatic heterocycles. The van der Waals surface area contributed by atoms with E-state index in [-0.39, 0.29) is 56.4 Å². The van der Waals surface area contributed by atoms with Crippen LogP contribution in [0.3, 0.4) is 0 Å². The van der Waals surface area contributed by atoms with E-state index < -0.39 is 59.6 Å². The molecule has 0 saturated heterocycles. The number of amides is 6. The molecule has 2 aromatic rings. The predicted octanol–water partition coefficient (Wildman–Crippen LogP) is 0.765. The molecule has 1 heterocycles. The minimum atomic E-state index is -1.15. The van der Waals surface area contributed by atoms with Crippen LogP contribution < -0.4 is 43.8 Å². The molecule has 4 atom stereocenters. The van der Waals surface area contributed by atoms with Crippen LogP contribution in [0.2, 0.25) is 0 Å². The number of primary amides is 1. The maximum atomic E-state index is 14.2. The summed E-state index contributed by atoms with van der Waals surface area (Å²) in [4.78, 5) is 96.6. The molecule has 1 saturated carbocycles. The standard InChI is InChI=1S/C41H55N9O7/c42-37(54)30-14-7-8-22-45-38(55)32(25-27-16-18-29(19-17-27)36(53)28-12-5-2-6-13-28)49-40(57)33(24-26-10-3-1-4-11-26)50-39(56)31(15-9-23-46-41(43)44)48-35(52)21-20-34(51)47-30/h2,5-6,12-13,16-21,26,30-33H,1,3-4,7-11,14-15,22-25H2,(H2,42,54)(H,45,55)(H,47,51)(H,48,52)(H,49,57)(H,50,56)(H4,43,44,46)/b21-20+/t30?,31-,32+,33-/m0/s1. The lowest BCUT2D eigenvalue weighted by Crippen LogP contribution is -2.57. The quantitative estimate of drug-likeness (QED) is 0.0691. The van der Waals surface area contributed by atoms with E-state index in [1.54, 1.807) is 48.5 Å². The fourth-order valence-corrected chi connectivity index (χ4v) is 6.98. The highest BCUT2D eigenvalue weighted by atomic mass is 16.2. The molecule has 16 nitrogen and oxygen atoms in total. The first-order valence-corrected chi connectivity index (χ1v) is 19.6. The molecule has 11 N–H and O–H groups in total. The largest absolute Gasteiger partial charge is 0.370 e. The Kier molecular flexibility index (Phi) is 17.2. The van der Waals surface area contributed by atoms with Gasteiger partial charge in [0.25, 0.3) is 0 Å². The average molecular weight is 786 g/mol. The number of nitrogens with two attached hydrogens (primary N) is 3. The molecule has 0 spiro atoms. The molecule has 1 unspecified atom stereocenters. The Balaban J connectivity index is 1.62. The minimum Gasteiger partial charge on any atom is -0.370 e. The van der Waals surface area contributed by atoms with Crippen molar-refractivity contribution >= 4 is 47.2 Å². The molecule has 6 amide bonds. The van der Waals surface area contributed by atoms with Gasteiger partial charge in [-0.1, -0.05) is 86.7 Å². The van der Waals surface area contributed by atoms with E-state index in [2.05, 4.69) is 31.6 Å². The molecule has 0 radical (unpaired) electrons. The van der Waals surface area contributed by atoms with Crippen molar-refractivity contribution in [2.75, 3.05) is 13.1 Å². The number of carbonyl (C=O) groups is 7. The zero-order valence-corrected chi connectivity index (χ0v) is 32.2. The number of nitrogens with one attached hydrogen (secondary N) is 5. The number of ketones is 1. The van der Waals surface area contributed by atoms with E-state index in [1.165, 1.54) is 0 Å². The normalized spacial score (nSPS) is 22.7. The highest BCUT2D eigenvalue weighted by Crippen LogP contribution is 2.27. The van der Waals surface area contributed by atoms with E-state index in [9.17, 15) is 33.6 Å². The van der Waals surface area contributed by atoms with Gasteiger partial charge in [0.15, 0.2) is 11.7 Å². The summed E-state index contributed by atoms with van der Waals surface area (Å²) in [5.41, 5.74) is 18.1. The number of hydrogen-bond acceptors (Lipinski definition) is 8. The third kappa shape index (κ3) is 14.8. The molecule has 16 heteroatoms. The van der Waals surface area contributed by atoms with Crippen molar-refractivity contribution in [1.29, 1.82) is 0 Å². The summed E-state index contributed by atoms with van der Waals surface area (Å²) in [7, 11) is 0. The minimum absolute atomic E-state index is 0.0765. The lowest BCUT2D eigenvalue weighted by molar-refractivity contribution is -0.133. The molecule has 1 aliphatic carbocycles. The van der Waals surface area contributed by atoms with Crippen molar-refractivity contribution in [3.63, 3.8) is 0 Å². The van der Waals surface area contributed by atoms with Gasteiger partial charge in [-0.3, -0.25) is 38.6 Å². The van der Waals surface area contributed by atoms with Crippen LogP contribution in [-0.4, -0.2) is 84.4 Å². The number of carbonyl (C=O) groups excluding carboxylic acids is 7. The summed E-state index contributed by atoms with van der Waals surface area (Å²) < 4.78 is 0. The summed E-state index contributed by atoms with van der Waals surface area (Å²) in [6.45, 7) is 0.359. The fourth-order valence-electron chi connectivity index (χ4n) is 6.98. The predicted molar refractivity (Wildman–Crippen MR) is 214 cm³/mol. The second-order valence-corrected chi connectivity index (χ2v) is 14.6. The third-order valence-electron chi connectivity index (χ3n) is 10.1. The van der Waals surface area contributed by atoms with E-state index in [0.717, 1.165) is 44.3 Å². The van der Waals surface area contributed by atoms with Crippen molar-refractivity contribution in [2.24, 2.45) is 28.1 Å². The van der Waals surface area contributed by atoms with E-state index >= 15 is 0 Å². The number of guanidine groups is 1. The first-order valence-electron chi connectivity index (χ1n) is 19.6. The second-order valence-electron chi connectivity index (χ2n) is 14.6. The van der Waals surface area contributed by atoms with Crippen molar-refractivity contribution in [3.8, 4) is 0 Å². The number of nitrogens with zero attached hydrogens (tertiary/aromatic N) is 1. The Labute approximate surface area is 332 Å². The van der Waals surface area contributed by atoms with Gasteiger partial charge in [0.2, 0.25) is 35.4 Å². The molecule has 0 bridgehead atoms. The molecule has 57 heavy (non-hydrogen) atoms. The maximum absolute atomic E-state index is 14.2. The molecular formula is C41H55N9O7. The zero-order chi connectivity index (χ0) is 41.2. The van der Waals surface area contributed by atoms with Gasteiger partial charge >= 0.3 is 0 Å². The Hall–Kier alpha value is -6.06. The SMILES string of the molecule is NC(=O)C1CCCCNC(=O)[C@@H](Cc2ccc(C(=O)c3ccccc3)cc2)NC(=O)[C@H](CC2CCCCC2)NC(=O)[C@H](CCCN=C(N)N)NC(=O)/C=C/C(=O)N1. The van der Waals surface area contributed by atoms with Crippen molar-refractivity contribution in [1.82, 2.24) is 26.6 Å². The van der Waals surface area contributed by atoms with Crippen LogP contribution in [0.15, 0.2) is 71.7 Å². The summed E-state index contributed by atoms with van der Waals surface area (Å²) in [5, 5.41) is 13.7. The monoisotopic (exact) mass is 785 g/mol. The Morgan fingerprint density at radius 1 is 0.649 bits per heavy atom. The lowest BCUT2D eigenvalue weighted by Gasteiger charge is -2.29. The summed E-state index contributed by atoms with van der Waals surface area (Å²) in [6.07, 6.45) is 8.46. The molecule has 2 aromatic carbocycles. The Morgan fingerprint density at radius 3 is 1.93 bits per heavy atom. The Morgan fingerprint density at radius 2 is 1.26 bits per heavy atom. The van der Waals surface area contributed by atoms with Crippen LogP contribution >= 0.6 is 0 Å². The highest BCUT2D eigenvalue weighted by molar-refractivity contribution is 6.09. The summed E-state index contributed by atoms with van der Waals surface area (Å²) in [5.74, 6) is -4.11. The van der Waals surface area contributed by atoms with Gasteiger partial charge in [-0.05, 0) is 50.0 Å². The second kappa shape index (κ2) is 22.5. The van der Waals surface area contributed by atoms with Gasteiger partial charge in [-0.25, -0.2) is 0 Å². The number of benzene rings is 2. The number of hydrogen-bond donors (Lipinski definition) is 8. The molecule has 1 fully saturated rings. The van der Waals surface area contributed by atoms with Crippen LogP contribution in [0.1, 0.15) is 92.1 Å². The van der Waals surface area contributed by atoms with Gasteiger partial charge in [0, 0.05) is 42.8 Å². The smallest absolute Gasteiger partial charge is 0.244 e. The van der Waals surface area contributed by atoms with E-state index in [1.807, 2.05) is 6.07 Å². The van der Waals surface area contributed by atoms with Crippen LogP contribution in [0.5, 0.6) is 0 Å². The number of aliphatic imine (C=N–C) groups is 1. The van der Waals surface area contributed by atoms with Gasteiger partial charge < -0.3 is 43.8 Å². The first kappa shape index (κ1) is 43.7.